The summed E-state index contributed by atoms with van der Waals surface area (Å²) in [6, 6.07) is 1.65. The van der Waals surface area contributed by atoms with Gasteiger partial charge in [-0.15, -0.1) is 0 Å². The smallest absolute Gasteiger partial charge is 0.161 e. The minimum atomic E-state index is -1.65. The van der Waals surface area contributed by atoms with Gasteiger partial charge in [0.05, 0.1) is 19.0 Å². The SMILES string of the molecule is Nc1nccc2c1NCN2[C@@H]1O[C@H](CO)[C@@H](O)[C@H](O)[C@@H](O)[C@H]1O. The zero-order valence-electron chi connectivity index (χ0n) is 12.1. The number of nitrogens with two attached hydrogens (primary N) is 1. The zero-order chi connectivity index (χ0) is 16.7. The lowest BCUT2D eigenvalue weighted by atomic mass is 10.0. The van der Waals surface area contributed by atoms with Crippen LogP contribution in [0.15, 0.2) is 12.3 Å². The number of aliphatic hydroxyl groups is 5. The second kappa shape index (κ2) is 6.07. The van der Waals surface area contributed by atoms with Crippen molar-refractivity contribution in [1.29, 1.82) is 0 Å². The van der Waals surface area contributed by atoms with Crippen molar-refractivity contribution in [3.05, 3.63) is 12.3 Å². The summed E-state index contributed by atoms with van der Waals surface area (Å²) in [6.07, 6.45) is -7.12. The average molecular weight is 328 g/mol. The Bertz CT molecular complexity index is 573. The molecule has 0 aliphatic carbocycles. The van der Waals surface area contributed by atoms with Crippen LogP contribution in [-0.2, 0) is 4.74 Å². The normalized spacial score (nSPS) is 37.2. The van der Waals surface area contributed by atoms with Crippen molar-refractivity contribution in [2.75, 3.05) is 29.2 Å². The highest BCUT2D eigenvalue weighted by Gasteiger charge is 2.47. The Kier molecular flexibility index (Phi) is 4.27. The van der Waals surface area contributed by atoms with Gasteiger partial charge < -0.3 is 46.2 Å². The number of hydrogen-bond acceptors (Lipinski definition) is 10. The second-order valence-electron chi connectivity index (χ2n) is 5.61. The van der Waals surface area contributed by atoms with Gasteiger partial charge >= 0.3 is 0 Å². The van der Waals surface area contributed by atoms with Crippen LogP contribution < -0.4 is 16.0 Å². The Morgan fingerprint density at radius 2 is 1.91 bits per heavy atom. The molecule has 2 aliphatic heterocycles. The Morgan fingerprint density at radius 1 is 1.22 bits per heavy atom. The Balaban J connectivity index is 1.94. The van der Waals surface area contributed by atoms with E-state index in [0.29, 0.717) is 11.4 Å². The Labute approximate surface area is 131 Å². The number of ether oxygens (including phenoxy) is 1. The predicted molar refractivity (Wildman–Crippen MR) is 79.4 cm³/mol. The lowest BCUT2D eigenvalue weighted by molar-refractivity contribution is -0.121. The van der Waals surface area contributed by atoms with Crippen molar-refractivity contribution in [1.82, 2.24) is 4.98 Å². The van der Waals surface area contributed by atoms with Crippen LogP contribution in [0.4, 0.5) is 17.2 Å². The van der Waals surface area contributed by atoms with Crippen LogP contribution in [0, 0.1) is 0 Å². The number of rotatable bonds is 2. The first-order valence-corrected chi connectivity index (χ1v) is 7.19. The molecule has 3 rings (SSSR count). The number of aliphatic hydroxyl groups excluding tert-OH is 5. The van der Waals surface area contributed by atoms with Gasteiger partial charge in [0.25, 0.3) is 0 Å². The van der Waals surface area contributed by atoms with E-state index in [1.165, 1.54) is 6.20 Å². The fourth-order valence-electron chi connectivity index (χ4n) is 2.91. The van der Waals surface area contributed by atoms with E-state index in [2.05, 4.69) is 10.3 Å². The van der Waals surface area contributed by atoms with Gasteiger partial charge in [-0.3, -0.25) is 0 Å². The van der Waals surface area contributed by atoms with E-state index in [1.54, 1.807) is 11.0 Å². The molecule has 0 radical (unpaired) electrons. The van der Waals surface area contributed by atoms with E-state index in [4.69, 9.17) is 10.5 Å². The average Bonchev–Trinajstić information content (AvgIpc) is 2.95. The summed E-state index contributed by atoms with van der Waals surface area (Å²) < 4.78 is 5.56. The first-order valence-electron chi connectivity index (χ1n) is 7.19. The molecule has 0 unspecified atom stereocenters. The molecule has 0 saturated carbocycles. The first kappa shape index (κ1) is 16.2. The number of hydrogen-bond donors (Lipinski definition) is 7. The van der Waals surface area contributed by atoms with E-state index in [9.17, 15) is 25.5 Å². The number of fused-ring (bicyclic) bond motifs is 1. The van der Waals surface area contributed by atoms with Gasteiger partial charge in [-0.05, 0) is 6.07 Å². The summed E-state index contributed by atoms with van der Waals surface area (Å²) in [4.78, 5) is 5.53. The van der Waals surface area contributed by atoms with Crippen LogP contribution in [0.5, 0.6) is 0 Å². The van der Waals surface area contributed by atoms with Gasteiger partial charge in [-0.2, -0.15) is 0 Å². The molecule has 3 heterocycles. The lowest BCUT2D eigenvalue weighted by Crippen LogP contribution is -2.52. The molecule has 0 amide bonds. The summed E-state index contributed by atoms with van der Waals surface area (Å²) >= 11 is 0. The standard InChI is InChI=1S/C13H20N4O6/c14-12-7-5(1-2-15-12)17(4-16-7)13-11(22)10(21)9(20)8(19)6(3-18)23-13/h1-2,6,8-11,13,16,18-22H,3-4H2,(H2,14,15)/t6-,8-,9+,10-,11-,13-/m1/s1. The number of anilines is 3. The zero-order valence-corrected chi connectivity index (χ0v) is 12.1. The quantitative estimate of drug-likeness (QED) is 0.298. The third-order valence-corrected chi connectivity index (χ3v) is 4.22. The molecule has 128 valence electrons. The highest BCUT2D eigenvalue weighted by molar-refractivity contribution is 5.83. The molecule has 1 saturated heterocycles. The van der Waals surface area contributed by atoms with Crippen molar-refractivity contribution < 1.29 is 30.3 Å². The number of nitrogens with zero attached hydrogens (tertiary/aromatic N) is 2. The summed E-state index contributed by atoms with van der Waals surface area (Å²) in [7, 11) is 0. The lowest BCUT2D eigenvalue weighted by Gasteiger charge is -2.34. The van der Waals surface area contributed by atoms with Crippen LogP contribution in [0.1, 0.15) is 0 Å². The monoisotopic (exact) mass is 328 g/mol. The molecule has 0 spiro atoms. The highest BCUT2D eigenvalue weighted by Crippen LogP contribution is 2.38. The predicted octanol–water partition coefficient (Wildman–Crippen LogP) is -2.99. The summed E-state index contributed by atoms with van der Waals surface area (Å²) in [6.45, 7) is -0.370. The topological polar surface area (TPSA) is 165 Å². The van der Waals surface area contributed by atoms with Crippen molar-refractivity contribution in [2.45, 2.75) is 36.7 Å². The van der Waals surface area contributed by atoms with Crippen LogP contribution in [0.3, 0.4) is 0 Å². The highest BCUT2D eigenvalue weighted by atomic mass is 16.6. The number of nitrogens with one attached hydrogen (secondary N) is 1. The van der Waals surface area contributed by atoms with Crippen LogP contribution in [0.25, 0.3) is 0 Å². The van der Waals surface area contributed by atoms with Crippen LogP contribution >= 0.6 is 0 Å². The van der Waals surface area contributed by atoms with E-state index in [-0.39, 0.29) is 12.5 Å². The van der Waals surface area contributed by atoms with E-state index < -0.39 is 43.4 Å². The molecule has 8 N–H and O–H groups in total. The minimum Gasteiger partial charge on any atom is -0.394 e. The third-order valence-electron chi connectivity index (χ3n) is 4.22. The molecule has 23 heavy (non-hydrogen) atoms. The molecule has 1 aromatic heterocycles. The van der Waals surface area contributed by atoms with Crippen LogP contribution in [-0.4, -0.2) is 80.5 Å². The van der Waals surface area contributed by atoms with E-state index in [1.807, 2.05) is 0 Å². The van der Waals surface area contributed by atoms with Gasteiger partial charge in [0.15, 0.2) is 6.23 Å². The largest absolute Gasteiger partial charge is 0.394 e. The molecular formula is C13H20N4O6. The number of nitrogen functional groups attached to an aromatic ring is 1. The summed E-state index contributed by atoms with van der Waals surface area (Å²) in [5.41, 5.74) is 6.93. The second-order valence-corrected chi connectivity index (χ2v) is 5.61. The molecular weight excluding hydrogens is 308 g/mol. The van der Waals surface area contributed by atoms with Crippen molar-refractivity contribution >= 4 is 17.2 Å². The molecule has 10 heteroatoms. The van der Waals surface area contributed by atoms with Crippen LogP contribution in [0.2, 0.25) is 0 Å². The van der Waals surface area contributed by atoms with Crippen molar-refractivity contribution in [2.24, 2.45) is 0 Å². The Hall–Kier alpha value is -1.69. The molecule has 2 aliphatic rings. The van der Waals surface area contributed by atoms with Gasteiger partial charge in [0.2, 0.25) is 0 Å². The molecule has 1 fully saturated rings. The van der Waals surface area contributed by atoms with Gasteiger partial charge in [-0.1, -0.05) is 0 Å². The maximum Gasteiger partial charge on any atom is 0.161 e. The van der Waals surface area contributed by atoms with E-state index >= 15 is 0 Å². The molecule has 0 aromatic carbocycles. The minimum absolute atomic E-state index is 0.212. The maximum absolute atomic E-state index is 10.3. The molecule has 1 aromatic rings. The summed E-state index contributed by atoms with van der Waals surface area (Å²) in [5, 5.41) is 52.5. The van der Waals surface area contributed by atoms with Gasteiger partial charge in [0, 0.05) is 6.20 Å². The third kappa shape index (κ3) is 2.59. The van der Waals surface area contributed by atoms with Crippen molar-refractivity contribution in [3.8, 4) is 0 Å². The fraction of sp³-hybridized carbons (Fsp3) is 0.615. The first-order chi connectivity index (χ1) is 11.0. The number of aromatic nitrogens is 1. The van der Waals surface area contributed by atoms with Crippen molar-refractivity contribution in [3.63, 3.8) is 0 Å². The number of pyridine rings is 1. The maximum atomic E-state index is 10.3. The van der Waals surface area contributed by atoms with E-state index in [0.717, 1.165) is 0 Å². The molecule has 10 nitrogen and oxygen atoms in total. The fourth-order valence-corrected chi connectivity index (χ4v) is 2.91. The van der Waals surface area contributed by atoms with Gasteiger partial charge in [0.1, 0.15) is 42.0 Å². The molecule has 6 atom stereocenters. The summed E-state index contributed by atoms with van der Waals surface area (Å²) in [5.74, 6) is 0.271. The Morgan fingerprint density at radius 3 is 2.61 bits per heavy atom. The molecule has 0 bridgehead atoms. The van der Waals surface area contributed by atoms with Gasteiger partial charge in [-0.25, -0.2) is 4.98 Å².